The molecule has 1 heterocycles. The van der Waals surface area contributed by atoms with E-state index in [1.54, 1.807) is 18.4 Å². The van der Waals surface area contributed by atoms with Crippen LogP contribution in [0.15, 0.2) is 11.4 Å². The van der Waals surface area contributed by atoms with Crippen molar-refractivity contribution in [1.82, 2.24) is 0 Å². The second-order valence-corrected chi connectivity index (χ2v) is 4.23. The van der Waals surface area contributed by atoms with Crippen LogP contribution >= 0.6 is 33.9 Å². The lowest BCUT2D eigenvalue weighted by molar-refractivity contribution is -0.137. The van der Waals surface area contributed by atoms with Crippen LogP contribution < -0.4 is 0 Å². The molecule has 0 aliphatic carbocycles. The number of thiophene rings is 1. The van der Waals surface area contributed by atoms with Crippen LogP contribution in [0.25, 0.3) is 0 Å². The fraction of sp³-hybridized carbons (Fsp3) is 0.250. The molecule has 5 heteroatoms. The third-order valence-electron chi connectivity index (χ3n) is 1.28. The number of ether oxygens (including phenoxy) is 1. The van der Waals surface area contributed by atoms with E-state index >= 15 is 0 Å². The topological polar surface area (TPSA) is 43.4 Å². The first-order valence-corrected chi connectivity index (χ1v) is 5.57. The fourth-order valence-electron chi connectivity index (χ4n) is 0.745. The summed E-state index contributed by atoms with van der Waals surface area (Å²) in [5, 5.41) is 1.77. The average Bonchev–Trinajstić information content (AvgIpc) is 2.50. The van der Waals surface area contributed by atoms with Gasteiger partial charge in [-0.15, -0.1) is 11.3 Å². The summed E-state index contributed by atoms with van der Waals surface area (Å²) in [6.07, 6.45) is 0. The van der Waals surface area contributed by atoms with E-state index in [4.69, 9.17) is 0 Å². The van der Waals surface area contributed by atoms with Crippen LogP contribution in [0.5, 0.6) is 0 Å². The number of hydrogen-bond donors (Lipinski definition) is 0. The largest absolute Gasteiger partial charge is 0.460 e. The standard InChI is InChI=1S/C8H7IO3S/c1-2-12-8(11)6(10)7-5(9)3-4-13-7/h3-4H,2H2,1H3. The number of carbonyl (C=O) groups excluding carboxylic acids is 2. The molecular formula is C8H7IO3S. The van der Waals surface area contributed by atoms with Crippen molar-refractivity contribution in [2.24, 2.45) is 0 Å². The summed E-state index contributed by atoms with van der Waals surface area (Å²) in [4.78, 5) is 22.8. The van der Waals surface area contributed by atoms with Crippen molar-refractivity contribution in [1.29, 1.82) is 0 Å². The zero-order chi connectivity index (χ0) is 9.84. The van der Waals surface area contributed by atoms with Crippen molar-refractivity contribution >= 4 is 45.7 Å². The summed E-state index contributed by atoms with van der Waals surface area (Å²) >= 11 is 3.27. The van der Waals surface area contributed by atoms with Gasteiger partial charge in [0.1, 0.15) is 0 Å². The highest BCUT2D eigenvalue weighted by Crippen LogP contribution is 2.19. The molecule has 1 aromatic heterocycles. The Hall–Kier alpha value is -0.430. The summed E-state index contributed by atoms with van der Waals surface area (Å²) < 4.78 is 5.39. The normalized spacial score (nSPS) is 9.69. The smallest absolute Gasteiger partial charge is 0.380 e. The maximum absolute atomic E-state index is 11.3. The van der Waals surface area contributed by atoms with E-state index in [-0.39, 0.29) is 6.61 Å². The van der Waals surface area contributed by atoms with Crippen LogP contribution in [-0.4, -0.2) is 18.4 Å². The first kappa shape index (κ1) is 10.6. The molecule has 0 saturated heterocycles. The third kappa shape index (κ3) is 2.50. The quantitative estimate of drug-likeness (QED) is 0.372. The SMILES string of the molecule is CCOC(=O)C(=O)c1sccc1I. The molecule has 0 fully saturated rings. The zero-order valence-electron chi connectivity index (χ0n) is 6.87. The molecule has 1 aromatic rings. The first-order chi connectivity index (χ1) is 6.16. The van der Waals surface area contributed by atoms with Gasteiger partial charge in [-0.05, 0) is 41.0 Å². The number of Topliss-reactive ketones (excluding diaryl/α,β-unsaturated/α-hetero) is 1. The Labute approximate surface area is 93.2 Å². The monoisotopic (exact) mass is 310 g/mol. The van der Waals surface area contributed by atoms with Gasteiger partial charge in [-0.3, -0.25) is 4.79 Å². The van der Waals surface area contributed by atoms with Gasteiger partial charge in [-0.2, -0.15) is 0 Å². The molecule has 0 amide bonds. The third-order valence-corrected chi connectivity index (χ3v) is 3.46. The van der Waals surface area contributed by atoms with Crippen LogP contribution in [0, 0.1) is 3.57 Å². The van der Waals surface area contributed by atoms with Crippen molar-refractivity contribution in [3.8, 4) is 0 Å². The Morgan fingerprint density at radius 2 is 2.31 bits per heavy atom. The summed E-state index contributed by atoms with van der Waals surface area (Å²) in [6.45, 7) is 1.90. The van der Waals surface area contributed by atoms with E-state index in [0.29, 0.717) is 4.88 Å². The summed E-state index contributed by atoms with van der Waals surface area (Å²) in [5.74, 6) is -1.33. The molecular weight excluding hydrogens is 303 g/mol. The Bertz CT molecular complexity index is 332. The summed E-state index contributed by atoms with van der Waals surface area (Å²) in [7, 11) is 0. The van der Waals surface area contributed by atoms with Gasteiger partial charge in [0.25, 0.3) is 5.78 Å². The molecule has 0 bridgehead atoms. The molecule has 13 heavy (non-hydrogen) atoms. The van der Waals surface area contributed by atoms with Crippen molar-refractivity contribution in [3.05, 3.63) is 19.9 Å². The van der Waals surface area contributed by atoms with Gasteiger partial charge in [0.15, 0.2) is 0 Å². The Kier molecular flexibility index (Phi) is 3.86. The average molecular weight is 310 g/mol. The lowest BCUT2D eigenvalue weighted by Gasteiger charge is -1.98. The fourth-order valence-corrected chi connectivity index (χ4v) is 2.51. The number of esters is 1. The highest BCUT2D eigenvalue weighted by molar-refractivity contribution is 14.1. The van der Waals surface area contributed by atoms with Crippen LogP contribution in [0.2, 0.25) is 0 Å². The predicted molar refractivity (Wildman–Crippen MR) is 58.0 cm³/mol. The van der Waals surface area contributed by atoms with E-state index in [2.05, 4.69) is 4.74 Å². The van der Waals surface area contributed by atoms with E-state index in [1.807, 2.05) is 22.6 Å². The number of carbonyl (C=O) groups is 2. The van der Waals surface area contributed by atoms with E-state index < -0.39 is 11.8 Å². The van der Waals surface area contributed by atoms with Gasteiger partial charge in [0, 0.05) is 3.57 Å². The maximum atomic E-state index is 11.3. The molecule has 0 aliphatic heterocycles. The highest BCUT2D eigenvalue weighted by Gasteiger charge is 2.20. The van der Waals surface area contributed by atoms with Crippen molar-refractivity contribution in [3.63, 3.8) is 0 Å². The Morgan fingerprint density at radius 3 is 2.77 bits per heavy atom. The first-order valence-electron chi connectivity index (χ1n) is 3.61. The molecule has 0 spiro atoms. The lowest BCUT2D eigenvalue weighted by Crippen LogP contribution is -2.17. The van der Waals surface area contributed by atoms with E-state index in [1.165, 1.54) is 11.3 Å². The van der Waals surface area contributed by atoms with Crippen molar-refractivity contribution in [2.75, 3.05) is 6.61 Å². The molecule has 70 valence electrons. The maximum Gasteiger partial charge on any atom is 0.380 e. The molecule has 0 aliphatic rings. The second-order valence-electron chi connectivity index (χ2n) is 2.15. The molecule has 0 atom stereocenters. The summed E-state index contributed by atoms with van der Waals surface area (Å²) in [6, 6.07) is 1.79. The summed E-state index contributed by atoms with van der Waals surface area (Å²) in [5.41, 5.74) is 0. The zero-order valence-corrected chi connectivity index (χ0v) is 9.85. The van der Waals surface area contributed by atoms with Crippen LogP contribution in [-0.2, 0) is 9.53 Å². The highest BCUT2D eigenvalue weighted by atomic mass is 127. The molecule has 0 aromatic carbocycles. The van der Waals surface area contributed by atoms with Gasteiger partial charge < -0.3 is 4.74 Å². The Morgan fingerprint density at radius 1 is 1.62 bits per heavy atom. The van der Waals surface area contributed by atoms with Gasteiger partial charge in [-0.25, -0.2) is 4.79 Å². The minimum absolute atomic E-state index is 0.229. The van der Waals surface area contributed by atoms with Crippen molar-refractivity contribution in [2.45, 2.75) is 6.92 Å². The number of rotatable bonds is 3. The van der Waals surface area contributed by atoms with Gasteiger partial charge in [-0.1, -0.05) is 0 Å². The number of ketones is 1. The van der Waals surface area contributed by atoms with Crippen LogP contribution in [0.3, 0.4) is 0 Å². The molecule has 0 saturated carbocycles. The van der Waals surface area contributed by atoms with E-state index in [0.717, 1.165) is 3.57 Å². The molecule has 0 N–H and O–H groups in total. The van der Waals surface area contributed by atoms with Crippen LogP contribution in [0.1, 0.15) is 16.6 Å². The molecule has 0 unspecified atom stereocenters. The van der Waals surface area contributed by atoms with E-state index in [9.17, 15) is 9.59 Å². The minimum atomic E-state index is -0.775. The van der Waals surface area contributed by atoms with Crippen LogP contribution in [0.4, 0.5) is 0 Å². The van der Waals surface area contributed by atoms with Crippen molar-refractivity contribution < 1.29 is 14.3 Å². The van der Waals surface area contributed by atoms with Gasteiger partial charge in [0.2, 0.25) is 0 Å². The van der Waals surface area contributed by atoms with Gasteiger partial charge >= 0.3 is 5.97 Å². The number of hydrogen-bond acceptors (Lipinski definition) is 4. The Balaban J connectivity index is 2.80. The lowest BCUT2D eigenvalue weighted by atomic mass is 10.3. The molecule has 3 nitrogen and oxygen atoms in total. The number of halogens is 1. The molecule has 0 radical (unpaired) electrons. The second kappa shape index (κ2) is 4.71. The van der Waals surface area contributed by atoms with Gasteiger partial charge in [0.05, 0.1) is 11.5 Å². The molecule has 1 rings (SSSR count). The predicted octanol–water partition coefficient (Wildman–Crippen LogP) is 2.10. The minimum Gasteiger partial charge on any atom is -0.460 e.